The second-order valence-corrected chi connectivity index (χ2v) is 4.50. The number of hydrogen-bond donors (Lipinski definition) is 1. The SMILES string of the molecule is COc1ccc2ccccc2c1CNCC(OC)OC. The van der Waals surface area contributed by atoms with Crippen LogP contribution in [0.1, 0.15) is 5.56 Å². The van der Waals surface area contributed by atoms with Gasteiger partial charge in [0.25, 0.3) is 0 Å². The smallest absolute Gasteiger partial charge is 0.169 e. The van der Waals surface area contributed by atoms with Crippen LogP contribution in [0.4, 0.5) is 0 Å². The van der Waals surface area contributed by atoms with Crippen molar-refractivity contribution in [1.82, 2.24) is 5.32 Å². The average Bonchev–Trinajstić information content (AvgIpc) is 2.51. The molecule has 0 aliphatic carbocycles. The van der Waals surface area contributed by atoms with Gasteiger partial charge in [-0.05, 0) is 16.8 Å². The number of nitrogens with one attached hydrogen (secondary N) is 1. The van der Waals surface area contributed by atoms with E-state index >= 15 is 0 Å². The lowest BCUT2D eigenvalue weighted by atomic mass is 10.0. The quantitative estimate of drug-likeness (QED) is 0.788. The summed E-state index contributed by atoms with van der Waals surface area (Å²) in [5, 5.41) is 5.75. The van der Waals surface area contributed by atoms with Crippen molar-refractivity contribution in [1.29, 1.82) is 0 Å². The van der Waals surface area contributed by atoms with Crippen LogP contribution in [-0.4, -0.2) is 34.2 Å². The fourth-order valence-corrected chi connectivity index (χ4v) is 2.27. The van der Waals surface area contributed by atoms with Crippen molar-refractivity contribution in [3.05, 3.63) is 42.0 Å². The maximum absolute atomic E-state index is 5.46. The van der Waals surface area contributed by atoms with Gasteiger partial charge in [-0.25, -0.2) is 0 Å². The molecule has 1 N–H and O–H groups in total. The fraction of sp³-hybridized carbons (Fsp3) is 0.375. The molecule has 0 saturated carbocycles. The van der Waals surface area contributed by atoms with Crippen molar-refractivity contribution < 1.29 is 14.2 Å². The van der Waals surface area contributed by atoms with E-state index in [1.54, 1.807) is 21.3 Å². The van der Waals surface area contributed by atoms with Crippen LogP contribution in [0.25, 0.3) is 10.8 Å². The molecule has 0 amide bonds. The Morgan fingerprint density at radius 2 is 1.75 bits per heavy atom. The Hall–Kier alpha value is -1.62. The maximum atomic E-state index is 5.46. The molecule has 4 heteroatoms. The Morgan fingerprint density at radius 3 is 2.45 bits per heavy atom. The van der Waals surface area contributed by atoms with Gasteiger partial charge in [0, 0.05) is 32.9 Å². The summed E-state index contributed by atoms with van der Waals surface area (Å²) in [6.45, 7) is 1.33. The number of hydrogen-bond acceptors (Lipinski definition) is 4. The van der Waals surface area contributed by atoms with E-state index in [9.17, 15) is 0 Å². The van der Waals surface area contributed by atoms with Crippen LogP contribution in [0.3, 0.4) is 0 Å². The second kappa shape index (κ2) is 7.24. The molecule has 108 valence electrons. The van der Waals surface area contributed by atoms with Gasteiger partial charge in [-0.1, -0.05) is 30.3 Å². The van der Waals surface area contributed by atoms with Crippen molar-refractivity contribution in [3.8, 4) is 5.75 Å². The van der Waals surface area contributed by atoms with Crippen LogP contribution >= 0.6 is 0 Å². The van der Waals surface area contributed by atoms with Crippen molar-refractivity contribution in [2.45, 2.75) is 12.8 Å². The molecule has 0 spiro atoms. The number of fused-ring (bicyclic) bond motifs is 1. The molecule has 0 atom stereocenters. The molecule has 0 bridgehead atoms. The highest BCUT2D eigenvalue weighted by molar-refractivity contribution is 5.87. The predicted molar refractivity (Wildman–Crippen MR) is 80.0 cm³/mol. The topological polar surface area (TPSA) is 39.7 Å². The highest BCUT2D eigenvalue weighted by Gasteiger charge is 2.09. The first-order valence-electron chi connectivity index (χ1n) is 6.61. The van der Waals surface area contributed by atoms with Crippen LogP contribution in [0.15, 0.2) is 36.4 Å². The summed E-state index contributed by atoms with van der Waals surface area (Å²) in [4.78, 5) is 0. The van der Waals surface area contributed by atoms with Crippen molar-refractivity contribution in [3.63, 3.8) is 0 Å². The molecule has 0 fully saturated rings. The van der Waals surface area contributed by atoms with Crippen LogP contribution in [0.5, 0.6) is 5.75 Å². The number of methoxy groups -OCH3 is 3. The van der Waals surface area contributed by atoms with Crippen LogP contribution in [0.2, 0.25) is 0 Å². The molecule has 0 aliphatic heterocycles. The minimum absolute atomic E-state index is 0.240. The van der Waals surface area contributed by atoms with Gasteiger partial charge in [0.15, 0.2) is 6.29 Å². The molecule has 2 rings (SSSR count). The van der Waals surface area contributed by atoms with E-state index in [-0.39, 0.29) is 6.29 Å². The van der Waals surface area contributed by atoms with Gasteiger partial charge < -0.3 is 19.5 Å². The molecule has 20 heavy (non-hydrogen) atoms. The standard InChI is InChI=1S/C16H21NO3/c1-18-15-9-8-12-6-4-5-7-13(12)14(15)10-17-11-16(19-2)20-3/h4-9,16-17H,10-11H2,1-3H3. The molecule has 0 unspecified atom stereocenters. The number of benzene rings is 2. The summed E-state index contributed by atoms with van der Waals surface area (Å²) in [5.41, 5.74) is 1.15. The number of ether oxygens (including phenoxy) is 3. The van der Waals surface area contributed by atoms with E-state index in [0.29, 0.717) is 13.1 Å². The van der Waals surface area contributed by atoms with E-state index < -0.39 is 0 Å². The molecule has 2 aromatic rings. The van der Waals surface area contributed by atoms with Crippen molar-refractivity contribution in [2.24, 2.45) is 0 Å². The Balaban J connectivity index is 2.19. The van der Waals surface area contributed by atoms with Crippen LogP contribution in [0, 0.1) is 0 Å². The van der Waals surface area contributed by atoms with E-state index in [1.165, 1.54) is 10.8 Å². The van der Waals surface area contributed by atoms with Crippen LogP contribution < -0.4 is 10.1 Å². The summed E-state index contributed by atoms with van der Waals surface area (Å²) in [5.74, 6) is 0.891. The summed E-state index contributed by atoms with van der Waals surface area (Å²) in [6.07, 6.45) is -0.240. The zero-order valence-corrected chi connectivity index (χ0v) is 12.2. The van der Waals surface area contributed by atoms with Crippen molar-refractivity contribution in [2.75, 3.05) is 27.9 Å². The Kier molecular flexibility index (Phi) is 5.35. The van der Waals surface area contributed by atoms with E-state index in [2.05, 4.69) is 23.5 Å². The van der Waals surface area contributed by atoms with Crippen molar-refractivity contribution >= 4 is 10.8 Å². The molecule has 0 saturated heterocycles. The first-order chi connectivity index (χ1) is 9.80. The van der Waals surface area contributed by atoms with Gasteiger partial charge in [-0.2, -0.15) is 0 Å². The van der Waals surface area contributed by atoms with Gasteiger partial charge >= 0.3 is 0 Å². The molecule has 0 aromatic heterocycles. The highest BCUT2D eigenvalue weighted by Crippen LogP contribution is 2.27. The lowest BCUT2D eigenvalue weighted by molar-refractivity contribution is -0.0989. The normalized spacial score (nSPS) is 11.2. The molecule has 0 aliphatic rings. The van der Waals surface area contributed by atoms with E-state index in [4.69, 9.17) is 14.2 Å². The molecule has 4 nitrogen and oxygen atoms in total. The third kappa shape index (κ3) is 3.28. The zero-order valence-electron chi connectivity index (χ0n) is 12.2. The largest absolute Gasteiger partial charge is 0.496 e. The van der Waals surface area contributed by atoms with E-state index in [1.807, 2.05) is 18.2 Å². The summed E-state index contributed by atoms with van der Waals surface area (Å²) in [7, 11) is 4.96. The van der Waals surface area contributed by atoms with Gasteiger partial charge in [0.2, 0.25) is 0 Å². The Labute approximate surface area is 119 Å². The minimum atomic E-state index is -0.240. The first kappa shape index (κ1) is 14.8. The maximum Gasteiger partial charge on any atom is 0.169 e. The lowest BCUT2D eigenvalue weighted by Gasteiger charge is -2.16. The minimum Gasteiger partial charge on any atom is -0.496 e. The molecular weight excluding hydrogens is 254 g/mol. The molecule has 0 radical (unpaired) electrons. The van der Waals surface area contributed by atoms with Gasteiger partial charge in [-0.15, -0.1) is 0 Å². The zero-order chi connectivity index (χ0) is 14.4. The molecular formula is C16H21NO3. The third-order valence-electron chi connectivity index (χ3n) is 3.36. The third-order valence-corrected chi connectivity index (χ3v) is 3.36. The van der Waals surface area contributed by atoms with Gasteiger partial charge in [0.05, 0.1) is 7.11 Å². The average molecular weight is 275 g/mol. The lowest BCUT2D eigenvalue weighted by Crippen LogP contribution is -2.29. The highest BCUT2D eigenvalue weighted by atomic mass is 16.7. The molecule has 0 heterocycles. The van der Waals surface area contributed by atoms with Gasteiger partial charge in [-0.3, -0.25) is 0 Å². The molecule has 2 aromatic carbocycles. The predicted octanol–water partition coefficient (Wildman–Crippen LogP) is 2.56. The van der Waals surface area contributed by atoms with Crippen LogP contribution in [-0.2, 0) is 16.0 Å². The van der Waals surface area contributed by atoms with E-state index in [0.717, 1.165) is 11.3 Å². The summed E-state index contributed by atoms with van der Waals surface area (Å²) < 4.78 is 15.8. The Morgan fingerprint density at radius 1 is 1.00 bits per heavy atom. The number of rotatable bonds is 7. The monoisotopic (exact) mass is 275 g/mol. The fourth-order valence-electron chi connectivity index (χ4n) is 2.27. The Bertz CT molecular complexity index is 552. The summed E-state index contributed by atoms with van der Waals surface area (Å²) >= 11 is 0. The van der Waals surface area contributed by atoms with Gasteiger partial charge in [0.1, 0.15) is 5.75 Å². The summed E-state index contributed by atoms with van der Waals surface area (Å²) in [6, 6.07) is 12.4. The first-order valence-corrected chi connectivity index (χ1v) is 6.61. The second-order valence-electron chi connectivity index (χ2n) is 4.50.